The van der Waals surface area contributed by atoms with Crippen LogP contribution in [-0.4, -0.2) is 24.6 Å². The van der Waals surface area contributed by atoms with Crippen molar-refractivity contribution in [2.45, 2.75) is 65.1 Å². The van der Waals surface area contributed by atoms with E-state index in [1.807, 2.05) is 6.08 Å². The van der Waals surface area contributed by atoms with Gasteiger partial charge in [0.05, 0.1) is 30.1 Å². The highest BCUT2D eigenvalue weighted by Gasteiger charge is 2.76. The van der Waals surface area contributed by atoms with E-state index in [1.54, 1.807) is 13.2 Å². The first kappa shape index (κ1) is 17.5. The van der Waals surface area contributed by atoms with Crippen molar-refractivity contribution in [1.29, 1.82) is 0 Å². The molecule has 1 aliphatic carbocycles. The second-order valence-electron chi connectivity index (χ2n) is 8.37. The van der Waals surface area contributed by atoms with Gasteiger partial charge in [-0.3, -0.25) is 4.79 Å². The fraction of sp³-hybridized carbons (Fsp3) is 0.667. The highest BCUT2D eigenvalue weighted by molar-refractivity contribution is 5.96. The van der Waals surface area contributed by atoms with E-state index in [0.717, 1.165) is 31.4 Å². The van der Waals surface area contributed by atoms with E-state index in [2.05, 4.69) is 40.3 Å². The number of hydrogen-bond donors (Lipinski definition) is 0. The van der Waals surface area contributed by atoms with Crippen LogP contribution in [0.25, 0.3) is 0 Å². The summed E-state index contributed by atoms with van der Waals surface area (Å²) in [6.45, 7) is 12.6. The molecule has 0 aromatic carbocycles. The van der Waals surface area contributed by atoms with Crippen LogP contribution in [0.2, 0.25) is 0 Å². The Morgan fingerprint density at radius 2 is 2.17 bits per heavy atom. The molecule has 5 atom stereocenters. The van der Waals surface area contributed by atoms with Gasteiger partial charge in [-0.15, -0.1) is 6.58 Å². The van der Waals surface area contributed by atoms with Crippen LogP contribution in [0, 0.1) is 16.7 Å². The van der Waals surface area contributed by atoms with Gasteiger partial charge < -0.3 is 9.47 Å². The number of fused-ring (bicyclic) bond motifs is 1. The van der Waals surface area contributed by atoms with Crippen molar-refractivity contribution in [1.82, 2.24) is 0 Å². The molecule has 2 saturated heterocycles. The standard InChI is InChI=1S/C21H30O3/c1-7-10-21-13-17-19(4,11-8-9-14(2)3)18(20(21,5)24-17)15(22)12-16(21)23-6/h7,9,12,17-18H,1,8,10-11,13H2,2-6H3/t17-,18-,19-,20+,21-/m1/s1. The highest BCUT2D eigenvalue weighted by atomic mass is 16.5. The molecule has 3 rings (SSSR count). The van der Waals surface area contributed by atoms with Crippen molar-refractivity contribution < 1.29 is 14.3 Å². The number of carbonyl (C=O) groups is 1. The number of carbonyl (C=O) groups excluding carboxylic acids is 1. The Kier molecular flexibility index (Phi) is 4.07. The van der Waals surface area contributed by atoms with Crippen LogP contribution >= 0.6 is 0 Å². The molecule has 3 nitrogen and oxygen atoms in total. The van der Waals surface area contributed by atoms with E-state index in [9.17, 15) is 4.79 Å². The van der Waals surface area contributed by atoms with E-state index >= 15 is 0 Å². The largest absolute Gasteiger partial charge is 0.500 e. The van der Waals surface area contributed by atoms with Crippen LogP contribution in [0.5, 0.6) is 0 Å². The van der Waals surface area contributed by atoms with Crippen LogP contribution in [0.15, 0.2) is 36.1 Å². The van der Waals surface area contributed by atoms with Crippen molar-refractivity contribution in [2.75, 3.05) is 7.11 Å². The first-order valence-corrected chi connectivity index (χ1v) is 8.97. The van der Waals surface area contributed by atoms with Crippen molar-refractivity contribution in [3.63, 3.8) is 0 Å². The van der Waals surface area contributed by atoms with Crippen LogP contribution < -0.4 is 0 Å². The molecule has 3 heteroatoms. The lowest BCUT2D eigenvalue weighted by Crippen LogP contribution is -2.60. The summed E-state index contributed by atoms with van der Waals surface area (Å²) in [7, 11) is 1.66. The first-order valence-electron chi connectivity index (χ1n) is 8.97. The highest BCUT2D eigenvalue weighted by Crippen LogP contribution is 2.71. The number of rotatable bonds is 6. The van der Waals surface area contributed by atoms with E-state index in [-0.39, 0.29) is 28.6 Å². The molecule has 3 aliphatic rings. The Balaban J connectivity index is 2.03. The molecular weight excluding hydrogens is 300 g/mol. The number of allylic oxidation sites excluding steroid dienone is 4. The van der Waals surface area contributed by atoms with Gasteiger partial charge in [-0.05, 0) is 46.5 Å². The Morgan fingerprint density at radius 1 is 1.46 bits per heavy atom. The molecule has 24 heavy (non-hydrogen) atoms. The number of hydrogen-bond acceptors (Lipinski definition) is 3. The maximum atomic E-state index is 13.0. The topological polar surface area (TPSA) is 35.5 Å². The molecule has 0 amide bonds. The lowest BCUT2D eigenvalue weighted by atomic mass is 9.47. The Morgan fingerprint density at radius 3 is 2.75 bits per heavy atom. The number of ether oxygens (including phenoxy) is 2. The lowest BCUT2D eigenvalue weighted by Gasteiger charge is -2.53. The molecule has 0 aromatic heterocycles. The van der Waals surface area contributed by atoms with Gasteiger partial charge in [0.1, 0.15) is 5.76 Å². The maximum Gasteiger partial charge on any atom is 0.165 e. The summed E-state index contributed by atoms with van der Waals surface area (Å²) in [6.07, 6.45) is 9.71. The van der Waals surface area contributed by atoms with Crippen molar-refractivity contribution in [3.05, 3.63) is 36.1 Å². The molecule has 0 unspecified atom stereocenters. The summed E-state index contributed by atoms with van der Waals surface area (Å²) in [5, 5.41) is 0. The minimum absolute atomic E-state index is 0.0980. The third-order valence-corrected chi connectivity index (χ3v) is 6.79. The van der Waals surface area contributed by atoms with Crippen LogP contribution in [0.1, 0.15) is 53.4 Å². The second kappa shape index (κ2) is 5.59. The summed E-state index contributed by atoms with van der Waals surface area (Å²) in [5.41, 5.74) is 0.468. The molecule has 0 saturated carbocycles. The molecule has 2 aliphatic heterocycles. The van der Waals surface area contributed by atoms with E-state index in [4.69, 9.17) is 9.47 Å². The van der Waals surface area contributed by atoms with E-state index in [1.165, 1.54) is 5.57 Å². The summed E-state index contributed by atoms with van der Waals surface area (Å²) in [6, 6.07) is 0. The molecule has 0 aromatic rings. The molecule has 2 heterocycles. The van der Waals surface area contributed by atoms with Gasteiger partial charge in [-0.25, -0.2) is 0 Å². The molecule has 132 valence electrons. The van der Waals surface area contributed by atoms with Gasteiger partial charge in [0.25, 0.3) is 0 Å². The molecular formula is C21H30O3. The van der Waals surface area contributed by atoms with Crippen molar-refractivity contribution in [2.24, 2.45) is 16.7 Å². The quantitative estimate of drug-likeness (QED) is 0.668. The van der Waals surface area contributed by atoms with Crippen molar-refractivity contribution >= 4 is 5.78 Å². The SMILES string of the molecule is C=CC[C@]12C[C@H]3O[C@@]1(C)[C@H](C(=O)C=C2OC)[C@]3(C)CCC=C(C)C. The molecule has 0 spiro atoms. The van der Waals surface area contributed by atoms with Crippen molar-refractivity contribution in [3.8, 4) is 0 Å². The monoisotopic (exact) mass is 330 g/mol. The number of ketones is 1. The van der Waals surface area contributed by atoms with Crippen LogP contribution in [0.3, 0.4) is 0 Å². The van der Waals surface area contributed by atoms with Crippen LogP contribution in [-0.2, 0) is 14.3 Å². The van der Waals surface area contributed by atoms with Gasteiger partial charge >= 0.3 is 0 Å². The fourth-order valence-corrected chi connectivity index (χ4v) is 5.65. The molecule has 2 fully saturated rings. The van der Waals surface area contributed by atoms with E-state index < -0.39 is 5.60 Å². The predicted octanol–water partition coefficient (Wildman–Crippen LogP) is 4.59. The molecule has 0 N–H and O–H groups in total. The average molecular weight is 330 g/mol. The zero-order valence-electron chi connectivity index (χ0n) is 15.6. The normalized spacial score (nSPS) is 42.7. The molecule has 2 bridgehead atoms. The lowest BCUT2D eigenvalue weighted by molar-refractivity contribution is -0.137. The Labute approximate surface area is 145 Å². The molecule has 0 radical (unpaired) electrons. The summed E-state index contributed by atoms with van der Waals surface area (Å²) in [4.78, 5) is 13.0. The van der Waals surface area contributed by atoms with Gasteiger partial charge in [0.2, 0.25) is 0 Å². The summed E-state index contributed by atoms with van der Waals surface area (Å²) >= 11 is 0. The second-order valence-corrected chi connectivity index (χ2v) is 8.37. The predicted molar refractivity (Wildman–Crippen MR) is 95.5 cm³/mol. The third-order valence-electron chi connectivity index (χ3n) is 6.79. The van der Waals surface area contributed by atoms with Gasteiger partial charge in [-0.1, -0.05) is 24.6 Å². The summed E-state index contributed by atoms with van der Waals surface area (Å²) in [5.74, 6) is 0.837. The average Bonchev–Trinajstić information content (AvgIpc) is 2.91. The Bertz CT molecular complexity index is 627. The first-order chi connectivity index (χ1) is 11.2. The zero-order valence-corrected chi connectivity index (χ0v) is 15.6. The maximum absolute atomic E-state index is 13.0. The van der Waals surface area contributed by atoms with Gasteiger partial charge in [0.15, 0.2) is 5.78 Å². The fourth-order valence-electron chi connectivity index (χ4n) is 5.65. The Hall–Kier alpha value is -1.35. The zero-order chi connectivity index (χ0) is 17.8. The third kappa shape index (κ3) is 2.03. The van der Waals surface area contributed by atoms with Gasteiger partial charge in [0, 0.05) is 11.5 Å². The van der Waals surface area contributed by atoms with E-state index in [0.29, 0.717) is 0 Å². The minimum Gasteiger partial charge on any atom is -0.500 e. The smallest absolute Gasteiger partial charge is 0.165 e. The van der Waals surface area contributed by atoms with Crippen LogP contribution in [0.4, 0.5) is 0 Å². The van der Waals surface area contributed by atoms with Gasteiger partial charge in [-0.2, -0.15) is 0 Å². The minimum atomic E-state index is -0.497. The summed E-state index contributed by atoms with van der Waals surface area (Å²) < 4.78 is 12.2. The number of methoxy groups -OCH3 is 1.